The van der Waals surface area contributed by atoms with Crippen molar-refractivity contribution in [1.82, 2.24) is 0 Å². The first-order chi connectivity index (χ1) is 6.20. The number of esters is 1. The van der Waals surface area contributed by atoms with E-state index in [4.69, 9.17) is 5.11 Å². The molecule has 0 aliphatic rings. The standard InChI is InChI=1S/C9H18O4/c1-13-9(12)5-3-2-4-8(11)6-7-10/h8,10-11H,2-7H2,1H3/t8-/m1/s1. The molecule has 0 radical (unpaired) electrons. The van der Waals surface area contributed by atoms with Crippen molar-refractivity contribution in [3.63, 3.8) is 0 Å². The molecule has 0 spiro atoms. The summed E-state index contributed by atoms with van der Waals surface area (Å²) in [5.74, 6) is -0.211. The van der Waals surface area contributed by atoms with E-state index in [-0.39, 0.29) is 12.6 Å². The lowest BCUT2D eigenvalue weighted by molar-refractivity contribution is -0.140. The third-order valence-electron chi connectivity index (χ3n) is 1.86. The molecule has 0 amide bonds. The molecule has 0 aliphatic carbocycles. The summed E-state index contributed by atoms with van der Waals surface area (Å²) in [6.45, 7) is 0.0121. The van der Waals surface area contributed by atoms with Crippen LogP contribution in [-0.4, -0.2) is 36.0 Å². The molecular formula is C9H18O4. The Morgan fingerprint density at radius 1 is 1.38 bits per heavy atom. The fraction of sp³-hybridized carbons (Fsp3) is 0.889. The van der Waals surface area contributed by atoms with Crippen molar-refractivity contribution in [3.8, 4) is 0 Å². The summed E-state index contributed by atoms with van der Waals surface area (Å²) in [7, 11) is 1.36. The maximum Gasteiger partial charge on any atom is 0.305 e. The van der Waals surface area contributed by atoms with Gasteiger partial charge in [-0.15, -0.1) is 0 Å². The number of hydrogen-bond donors (Lipinski definition) is 2. The summed E-state index contributed by atoms with van der Waals surface area (Å²) in [6.07, 6.45) is 2.53. The van der Waals surface area contributed by atoms with E-state index in [9.17, 15) is 9.90 Å². The van der Waals surface area contributed by atoms with Gasteiger partial charge < -0.3 is 14.9 Å². The molecule has 2 N–H and O–H groups in total. The maximum absolute atomic E-state index is 10.7. The molecule has 0 unspecified atom stereocenters. The highest BCUT2D eigenvalue weighted by Crippen LogP contribution is 2.06. The van der Waals surface area contributed by atoms with Crippen LogP contribution in [0.3, 0.4) is 0 Å². The van der Waals surface area contributed by atoms with Crippen LogP contribution in [0.25, 0.3) is 0 Å². The van der Waals surface area contributed by atoms with Crippen LogP contribution in [0.2, 0.25) is 0 Å². The minimum absolute atomic E-state index is 0.0121. The average molecular weight is 190 g/mol. The van der Waals surface area contributed by atoms with Gasteiger partial charge in [0.1, 0.15) is 0 Å². The number of unbranched alkanes of at least 4 members (excludes halogenated alkanes) is 1. The van der Waals surface area contributed by atoms with E-state index in [2.05, 4.69) is 4.74 Å². The first-order valence-electron chi connectivity index (χ1n) is 4.56. The smallest absolute Gasteiger partial charge is 0.305 e. The van der Waals surface area contributed by atoms with Gasteiger partial charge in [0.15, 0.2) is 0 Å². The molecule has 0 heterocycles. The van der Waals surface area contributed by atoms with Crippen molar-refractivity contribution >= 4 is 5.97 Å². The molecule has 78 valence electrons. The highest BCUT2D eigenvalue weighted by molar-refractivity contribution is 5.68. The summed E-state index contributed by atoms with van der Waals surface area (Å²) in [4.78, 5) is 10.7. The van der Waals surface area contributed by atoms with Crippen LogP contribution in [0, 0.1) is 0 Å². The Bertz CT molecular complexity index is 136. The lowest BCUT2D eigenvalue weighted by atomic mass is 10.1. The summed E-state index contributed by atoms with van der Waals surface area (Å²) < 4.78 is 4.46. The SMILES string of the molecule is COC(=O)CCCC[C@@H](O)CCO. The number of hydrogen-bond acceptors (Lipinski definition) is 4. The average Bonchev–Trinajstić information content (AvgIpc) is 2.12. The van der Waals surface area contributed by atoms with Crippen LogP contribution in [-0.2, 0) is 9.53 Å². The maximum atomic E-state index is 10.7. The molecule has 0 aromatic heterocycles. The molecule has 0 aromatic carbocycles. The van der Waals surface area contributed by atoms with Crippen molar-refractivity contribution in [3.05, 3.63) is 0 Å². The predicted molar refractivity (Wildman–Crippen MR) is 48.2 cm³/mol. The normalized spacial score (nSPS) is 12.5. The van der Waals surface area contributed by atoms with Crippen LogP contribution in [0.5, 0.6) is 0 Å². The van der Waals surface area contributed by atoms with Crippen molar-refractivity contribution in [2.45, 2.75) is 38.2 Å². The van der Waals surface area contributed by atoms with E-state index >= 15 is 0 Å². The quantitative estimate of drug-likeness (QED) is 0.452. The molecule has 0 aromatic rings. The Kier molecular flexibility index (Phi) is 7.63. The van der Waals surface area contributed by atoms with Crippen molar-refractivity contribution in [2.75, 3.05) is 13.7 Å². The summed E-state index contributed by atoms with van der Waals surface area (Å²) in [5, 5.41) is 17.7. The Morgan fingerprint density at radius 2 is 2.08 bits per heavy atom. The number of aliphatic hydroxyl groups excluding tert-OH is 2. The summed E-state index contributed by atoms with van der Waals surface area (Å²) in [5.41, 5.74) is 0. The predicted octanol–water partition coefficient (Wildman–Crippen LogP) is 0.463. The monoisotopic (exact) mass is 190 g/mol. The second-order valence-electron chi connectivity index (χ2n) is 2.99. The van der Waals surface area contributed by atoms with Gasteiger partial charge in [0.05, 0.1) is 13.2 Å². The zero-order chi connectivity index (χ0) is 10.1. The number of methoxy groups -OCH3 is 1. The van der Waals surface area contributed by atoms with Gasteiger partial charge in [0, 0.05) is 13.0 Å². The number of carbonyl (C=O) groups excluding carboxylic acids is 1. The number of aliphatic hydroxyl groups is 2. The molecule has 0 saturated heterocycles. The molecule has 4 heteroatoms. The molecule has 0 fully saturated rings. The van der Waals surface area contributed by atoms with E-state index in [1.807, 2.05) is 0 Å². The number of carbonyl (C=O) groups is 1. The van der Waals surface area contributed by atoms with Crippen molar-refractivity contribution in [1.29, 1.82) is 0 Å². The minimum atomic E-state index is -0.442. The number of ether oxygens (including phenoxy) is 1. The van der Waals surface area contributed by atoms with Crippen molar-refractivity contribution < 1.29 is 19.7 Å². The molecule has 0 bridgehead atoms. The fourth-order valence-corrected chi connectivity index (χ4v) is 1.04. The minimum Gasteiger partial charge on any atom is -0.469 e. The summed E-state index contributed by atoms with van der Waals surface area (Å²) >= 11 is 0. The van der Waals surface area contributed by atoms with Gasteiger partial charge in [-0.25, -0.2) is 0 Å². The molecule has 0 saturated carbocycles. The lowest BCUT2D eigenvalue weighted by Crippen LogP contribution is -2.08. The van der Waals surface area contributed by atoms with Gasteiger partial charge >= 0.3 is 5.97 Å². The van der Waals surface area contributed by atoms with Crippen molar-refractivity contribution in [2.24, 2.45) is 0 Å². The van der Waals surface area contributed by atoms with Gasteiger partial charge in [-0.2, -0.15) is 0 Å². The zero-order valence-corrected chi connectivity index (χ0v) is 8.03. The highest BCUT2D eigenvalue weighted by atomic mass is 16.5. The van der Waals surface area contributed by atoms with Gasteiger partial charge in [-0.3, -0.25) is 4.79 Å². The van der Waals surface area contributed by atoms with Gasteiger partial charge in [0.25, 0.3) is 0 Å². The second kappa shape index (κ2) is 8.01. The molecule has 13 heavy (non-hydrogen) atoms. The van der Waals surface area contributed by atoms with Gasteiger partial charge in [0.2, 0.25) is 0 Å². The van der Waals surface area contributed by atoms with E-state index in [0.717, 1.165) is 12.8 Å². The van der Waals surface area contributed by atoms with Gasteiger partial charge in [-0.1, -0.05) is 6.42 Å². The Hall–Kier alpha value is -0.610. The summed E-state index contributed by atoms with van der Waals surface area (Å²) in [6, 6.07) is 0. The molecule has 4 nitrogen and oxygen atoms in total. The Morgan fingerprint density at radius 3 is 2.62 bits per heavy atom. The van der Waals surface area contributed by atoms with Crippen LogP contribution in [0.4, 0.5) is 0 Å². The largest absolute Gasteiger partial charge is 0.469 e. The van der Waals surface area contributed by atoms with E-state index in [1.54, 1.807) is 0 Å². The first kappa shape index (κ1) is 12.4. The van der Waals surface area contributed by atoms with Crippen LogP contribution in [0.1, 0.15) is 32.1 Å². The molecule has 1 atom stereocenters. The van der Waals surface area contributed by atoms with E-state index in [1.165, 1.54) is 7.11 Å². The Balaban J connectivity index is 3.20. The first-order valence-corrected chi connectivity index (χ1v) is 4.56. The molecule has 0 rings (SSSR count). The van der Waals surface area contributed by atoms with Crippen LogP contribution >= 0.6 is 0 Å². The lowest BCUT2D eigenvalue weighted by Gasteiger charge is -2.07. The Labute approximate surface area is 78.5 Å². The topological polar surface area (TPSA) is 66.8 Å². The molecular weight excluding hydrogens is 172 g/mol. The number of rotatable bonds is 7. The van der Waals surface area contributed by atoms with Gasteiger partial charge in [-0.05, 0) is 19.3 Å². The molecule has 0 aliphatic heterocycles. The fourth-order valence-electron chi connectivity index (χ4n) is 1.04. The third-order valence-corrected chi connectivity index (χ3v) is 1.86. The van der Waals surface area contributed by atoms with E-state index < -0.39 is 6.10 Å². The highest BCUT2D eigenvalue weighted by Gasteiger charge is 2.04. The van der Waals surface area contributed by atoms with Crippen LogP contribution in [0.15, 0.2) is 0 Å². The third kappa shape index (κ3) is 7.74. The van der Waals surface area contributed by atoms with Crippen LogP contribution < -0.4 is 0 Å². The second-order valence-corrected chi connectivity index (χ2v) is 2.99. The van der Waals surface area contributed by atoms with E-state index in [0.29, 0.717) is 19.3 Å². The zero-order valence-electron chi connectivity index (χ0n) is 8.03.